The Balaban J connectivity index is 2.83. The maximum Gasteiger partial charge on any atom is 0.278 e. The molecular formula is C8H9N3O2. The van der Waals surface area contributed by atoms with E-state index in [1.165, 1.54) is 19.3 Å². The molecule has 0 unspecified atom stereocenters. The van der Waals surface area contributed by atoms with Crippen molar-refractivity contribution < 1.29 is 9.59 Å². The molecule has 0 spiro atoms. The zero-order chi connectivity index (χ0) is 9.84. The van der Waals surface area contributed by atoms with E-state index < -0.39 is 11.8 Å². The van der Waals surface area contributed by atoms with Gasteiger partial charge in [-0.2, -0.15) is 0 Å². The molecule has 5 heteroatoms. The molecule has 0 atom stereocenters. The highest BCUT2D eigenvalue weighted by atomic mass is 16.2. The summed E-state index contributed by atoms with van der Waals surface area (Å²) >= 11 is 0. The van der Waals surface area contributed by atoms with Crippen LogP contribution in [0.5, 0.6) is 0 Å². The quantitative estimate of drug-likeness (QED) is 0.661. The van der Waals surface area contributed by atoms with Crippen molar-refractivity contribution in [2.24, 2.45) is 0 Å². The molecule has 0 bridgehead atoms. The third-order valence-electron chi connectivity index (χ3n) is 1.28. The Morgan fingerprint density at radius 1 is 1.38 bits per heavy atom. The van der Waals surface area contributed by atoms with Crippen molar-refractivity contribution in [3.05, 3.63) is 23.8 Å². The summed E-state index contributed by atoms with van der Waals surface area (Å²) in [5, 5.41) is 2.11. The molecule has 1 aromatic heterocycles. The minimum absolute atomic E-state index is 0.148. The Hall–Kier alpha value is -1.78. The maximum atomic E-state index is 11.2. The number of nitrogens with zero attached hydrogens (tertiary/aromatic N) is 2. The van der Waals surface area contributed by atoms with Gasteiger partial charge in [0, 0.05) is 13.1 Å². The molecule has 68 valence electrons. The van der Waals surface area contributed by atoms with Crippen molar-refractivity contribution in [2.45, 2.75) is 13.8 Å². The van der Waals surface area contributed by atoms with E-state index in [0.29, 0.717) is 5.69 Å². The van der Waals surface area contributed by atoms with E-state index in [1.54, 1.807) is 6.92 Å². The number of carbonyl (C=O) groups is 2. The molecule has 0 saturated heterocycles. The zero-order valence-electron chi connectivity index (χ0n) is 7.37. The number of carbonyl (C=O) groups excluding carboxylic acids is 2. The summed E-state index contributed by atoms with van der Waals surface area (Å²) in [5.41, 5.74) is 0.784. The van der Waals surface area contributed by atoms with Crippen molar-refractivity contribution >= 4 is 11.8 Å². The third kappa shape index (κ3) is 2.62. The van der Waals surface area contributed by atoms with Gasteiger partial charge in [0.1, 0.15) is 5.69 Å². The summed E-state index contributed by atoms with van der Waals surface area (Å²) in [6.45, 7) is 2.98. The lowest BCUT2D eigenvalue weighted by molar-refractivity contribution is -0.118. The fraction of sp³-hybridized carbons (Fsp3) is 0.250. The van der Waals surface area contributed by atoms with Crippen LogP contribution in [0.25, 0.3) is 0 Å². The standard InChI is InChI=1S/C8H9N3O2/c1-5-3-9-4-7(10-5)8(13)11-6(2)12/h3-4H,1-2H3,(H,11,12,13). The van der Waals surface area contributed by atoms with Crippen LogP contribution in [0.2, 0.25) is 0 Å². The van der Waals surface area contributed by atoms with Crippen LogP contribution in [0.1, 0.15) is 23.1 Å². The van der Waals surface area contributed by atoms with Crippen LogP contribution in [0.4, 0.5) is 0 Å². The summed E-state index contributed by atoms with van der Waals surface area (Å²) in [6, 6.07) is 0. The maximum absolute atomic E-state index is 11.2. The number of rotatable bonds is 1. The SMILES string of the molecule is CC(=O)NC(=O)c1cncc(C)n1. The summed E-state index contributed by atoms with van der Waals surface area (Å²) < 4.78 is 0. The molecule has 0 radical (unpaired) electrons. The zero-order valence-corrected chi connectivity index (χ0v) is 7.37. The Labute approximate surface area is 75.2 Å². The second kappa shape index (κ2) is 3.75. The van der Waals surface area contributed by atoms with Crippen molar-refractivity contribution in [3.8, 4) is 0 Å². The highest BCUT2D eigenvalue weighted by Gasteiger charge is 2.08. The van der Waals surface area contributed by atoms with Gasteiger partial charge in [0.15, 0.2) is 0 Å². The van der Waals surface area contributed by atoms with Crippen molar-refractivity contribution in [1.82, 2.24) is 15.3 Å². The number of hydrogen-bond donors (Lipinski definition) is 1. The topological polar surface area (TPSA) is 72.0 Å². The van der Waals surface area contributed by atoms with Crippen molar-refractivity contribution in [2.75, 3.05) is 0 Å². The van der Waals surface area contributed by atoms with Gasteiger partial charge in [0.05, 0.1) is 11.9 Å². The summed E-state index contributed by atoms with van der Waals surface area (Å²) in [4.78, 5) is 29.4. The third-order valence-corrected chi connectivity index (χ3v) is 1.28. The number of aryl methyl sites for hydroxylation is 1. The smallest absolute Gasteiger partial charge is 0.278 e. The van der Waals surface area contributed by atoms with Crippen LogP contribution in [-0.4, -0.2) is 21.8 Å². The molecule has 1 N–H and O–H groups in total. The summed E-state index contributed by atoms with van der Waals surface area (Å²) in [7, 11) is 0. The number of aromatic nitrogens is 2. The van der Waals surface area contributed by atoms with Gasteiger partial charge in [-0.1, -0.05) is 0 Å². The molecule has 0 aliphatic heterocycles. The Morgan fingerprint density at radius 3 is 2.62 bits per heavy atom. The molecule has 0 aliphatic rings. The molecule has 1 rings (SSSR count). The van der Waals surface area contributed by atoms with Crippen LogP contribution in [0, 0.1) is 6.92 Å². The highest BCUT2D eigenvalue weighted by Crippen LogP contribution is 1.94. The lowest BCUT2D eigenvalue weighted by atomic mass is 10.4. The average Bonchev–Trinajstić information content (AvgIpc) is 2.03. The molecule has 13 heavy (non-hydrogen) atoms. The van der Waals surface area contributed by atoms with Gasteiger partial charge in [0.2, 0.25) is 5.91 Å². The number of hydrogen-bond acceptors (Lipinski definition) is 4. The second-order valence-corrected chi connectivity index (χ2v) is 2.56. The average molecular weight is 179 g/mol. The Morgan fingerprint density at radius 2 is 2.08 bits per heavy atom. The largest absolute Gasteiger partial charge is 0.291 e. The first-order valence-electron chi connectivity index (χ1n) is 3.70. The first-order valence-corrected chi connectivity index (χ1v) is 3.70. The van der Waals surface area contributed by atoms with Crippen LogP contribution < -0.4 is 5.32 Å². The molecule has 5 nitrogen and oxygen atoms in total. The minimum Gasteiger partial charge on any atom is -0.291 e. The van der Waals surface area contributed by atoms with Gasteiger partial charge < -0.3 is 0 Å². The van der Waals surface area contributed by atoms with Crippen LogP contribution in [0.15, 0.2) is 12.4 Å². The van der Waals surface area contributed by atoms with Crippen LogP contribution in [-0.2, 0) is 4.79 Å². The summed E-state index contributed by atoms with van der Waals surface area (Å²) in [5.74, 6) is -0.933. The van der Waals surface area contributed by atoms with Gasteiger partial charge in [-0.3, -0.25) is 19.9 Å². The van der Waals surface area contributed by atoms with Crippen molar-refractivity contribution in [3.63, 3.8) is 0 Å². The van der Waals surface area contributed by atoms with Gasteiger partial charge in [-0.25, -0.2) is 4.98 Å². The van der Waals surface area contributed by atoms with E-state index in [9.17, 15) is 9.59 Å². The molecule has 2 amide bonds. The highest BCUT2D eigenvalue weighted by molar-refractivity contribution is 6.02. The first-order chi connectivity index (χ1) is 6.09. The molecule has 0 aliphatic carbocycles. The van der Waals surface area contributed by atoms with E-state index in [1.807, 2.05) is 0 Å². The van der Waals surface area contributed by atoms with E-state index in [2.05, 4.69) is 15.3 Å². The predicted octanol–water partition coefficient (Wildman–Crippen LogP) is 0.0613. The fourth-order valence-corrected chi connectivity index (χ4v) is 0.797. The van der Waals surface area contributed by atoms with Gasteiger partial charge in [-0.05, 0) is 6.92 Å². The van der Waals surface area contributed by atoms with Crippen LogP contribution in [0.3, 0.4) is 0 Å². The van der Waals surface area contributed by atoms with E-state index in [4.69, 9.17) is 0 Å². The molecule has 0 fully saturated rings. The normalized spacial score (nSPS) is 9.38. The van der Waals surface area contributed by atoms with Crippen LogP contribution >= 0.6 is 0 Å². The molecular weight excluding hydrogens is 170 g/mol. The van der Waals surface area contributed by atoms with E-state index >= 15 is 0 Å². The predicted molar refractivity (Wildman–Crippen MR) is 44.9 cm³/mol. The van der Waals surface area contributed by atoms with Crippen molar-refractivity contribution in [1.29, 1.82) is 0 Å². The minimum atomic E-state index is -0.524. The van der Waals surface area contributed by atoms with Gasteiger partial charge in [0.25, 0.3) is 5.91 Å². The number of imide groups is 1. The molecule has 0 aromatic carbocycles. The first kappa shape index (κ1) is 9.31. The van der Waals surface area contributed by atoms with Gasteiger partial charge in [-0.15, -0.1) is 0 Å². The molecule has 1 aromatic rings. The fourth-order valence-electron chi connectivity index (χ4n) is 0.797. The van der Waals surface area contributed by atoms with E-state index in [0.717, 1.165) is 0 Å². The second-order valence-electron chi connectivity index (χ2n) is 2.56. The molecule has 0 saturated carbocycles. The number of amides is 2. The van der Waals surface area contributed by atoms with Gasteiger partial charge >= 0.3 is 0 Å². The Bertz CT molecular complexity index is 349. The monoisotopic (exact) mass is 179 g/mol. The van der Waals surface area contributed by atoms with E-state index in [-0.39, 0.29) is 5.69 Å². The summed E-state index contributed by atoms with van der Waals surface area (Å²) in [6.07, 6.45) is 2.84. The number of nitrogens with one attached hydrogen (secondary N) is 1. The molecule has 1 heterocycles. The Kier molecular flexibility index (Phi) is 2.69. The lowest BCUT2D eigenvalue weighted by Gasteiger charge is -1.99. The lowest BCUT2D eigenvalue weighted by Crippen LogP contribution is -2.28.